The van der Waals surface area contributed by atoms with Crippen molar-refractivity contribution in [3.8, 4) is 6.19 Å². The Morgan fingerprint density at radius 2 is 1.69 bits per heavy atom. The minimum atomic E-state index is -0.419. The van der Waals surface area contributed by atoms with E-state index in [1.165, 1.54) is 36.5 Å². The van der Waals surface area contributed by atoms with Gasteiger partial charge >= 0.3 is 0 Å². The normalized spacial score (nSPS) is 9.61. The van der Waals surface area contributed by atoms with Crippen LogP contribution in [0.25, 0.3) is 10.1 Å². The minimum absolute atomic E-state index is 0.0547. The van der Waals surface area contributed by atoms with Gasteiger partial charge in [0, 0.05) is 21.7 Å². The smallest absolute Gasteiger partial charge is 0.274 e. The Balaban J connectivity index is 0.000000344. The number of Topliss-reactive ketones (excluding diaryl/α,β-unsaturated/α-hetero) is 1. The summed E-state index contributed by atoms with van der Waals surface area (Å²) in [6, 6.07) is 21.3. The Labute approximate surface area is 219 Å². The van der Waals surface area contributed by atoms with E-state index in [1.807, 2.05) is 59.9 Å². The Bertz CT molecular complexity index is 1300. The molecule has 8 heteroatoms. The second-order valence-corrected chi connectivity index (χ2v) is 9.92. The number of nitrogens with zero attached hydrogens (tertiary/aromatic N) is 1. The number of amides is 2. The van der Waals surface area contributed by atoms with Crippen molar-refractivity contribution < 1.29 is 14.4 Å². The van der Waals surface area contributed by atoms with E-state index < -0.39 is 5.91 Å². The number of nitriles is 1. The van der Waals surface area contributed by atoms with Gasteiger partial charge in [0.25, 0.3) is 5.91 Å². The molecule has 2 heterocycles. The van der Waals surface area contributed by atoms with Crippen molar-refractivity contribution >= 4 is 56.0 Å². The number of aryl methyl sites for hydroxylation is 2. The SMILES string of the molecule is CC(C)=O.CCc1cccs1.N#CNC(=O)c1cc2cc(NC(=O)CCc3ccccc3)ccc2s1. The number of thiophene rings is 2. The molecule has 0 saturated carbocycles. The van der Waals surface area contributed by atoms with E-state index in [0.29, 0.717) is 23.4 Å². The highest BCUT2D eigenvalue weighted by molar-refractivity contribution is 7.20. The quantitative estimate of drug-likeness (QED) is 0.222. The lowest BCUT2D eigenvalue weighted by Gasteiger charge is -2.05. The van der Waals surface area contributed by atoms with Gasteiger partial charge in [-0.3, -0.25) is 14.9 Å². The molecule has 2 aromatic carbocycles. The third kappa shape index (κ3) is 10.2. The van der Waals surface area contributed by atoms with Crippen molar-refractivity contribution in [1.82, 2.24) is 5.32 Å². The zero-order valence-electron chi connectivity index (χ0n) is 20.5. The molecule has 2 amide bonds. The second-order valence-electron chi connectivity index (χ2n) is 7.80. The van der Waals surface area contributed by atoms with Crippen LogP contribution < -0.4 is 10.6 Å². The molecular formula is C28H29N3O3S2. The van der Waals surface area contributed by atoms with Gasteiger partial charge in [0.2, 0.25) is 5.91 Å². The molecule has 0 aliphatic carbocycles. The summed E-state index contributed by atoms with van der Waals surface area (Å²) in [6.07, 6.45) is 3.89. The maximum Gasteiger partial charge on any atom is 0.274 e. The maximum atomic E-state index is 12.1. The van der Waals surface area contributed by atoms with Crippen molar-refractivity contribution in [2.24, 2.45) is 0 Å². The molecule has 0 bridgehead atoms. The summed E-state index contributed by atoms with van der Waals surface area (Å²) in [5.41, 5.74) is 1.81. The van der Waals surface area contributed by atoms with Crippen LogP contribution in [0.2, 0.25) is 0 Å². The number of hydrogen-bond donors (Lipinski definition) is 2. The molecule has 0 spiro atoms. The van der Waals surface area contributed by atoms with Crippen LogP contribution >= 0.6 is 22.7 Å². The average Bonchev–Trinajstić information content (AvgIpc) is 3.53. The molecule has 0 atom stereocenters. The molecule has 4 rings (SSSR count). The van der Waals surface area contributed by atoms with Crippen LogP contribution in [-0.2, 0) is 22.4 Å². The van der Waals surface area contributed by atoms with Gasteiger partial charge in [-0.1, -0.05) is 43.3 Å². The van der Waals surface area contributed by atoms with Gasteiger partial charge in [0.05, 0.1) is 4.88 Å². The fourth-order valence-electron chi connectivity index (χ4n) is 2.99. The van der Waals surface area contributed by atoms with E-state index in [0.717, 1.165) is 15.6 Å². The van der Waals surface area contributed by atoms with Gasteiger partial charge in [0.1, 0.15) is 5.78 Å². The first-order valence-corrected chi connectivity index (χ1v) is 13.1. The molecule has 4 aromatic rings. The van der Waals surface area contributed by atoms with Crippen LogP contribution in [-0.4, -0.2) is 17.6 Å². The molecule has 0 aliphatic heterocycles. The molecule has 0 radical (unpaired) electrons. The fraction of sp³-hybridized carbons (Fsp3) is 0.214. The molecule has 0 saturated heterocycles. The van der Waals surface area contributed by atoms with Gasteiger partial charge in [-0.2, -0.15) is 5.26 Å². The van der Waals surface area contributed by atoms with E-state index in [2.05, 4.69) is 35.1 Å². The Morgan fingerprint density at radius 1 is 0.972 bits per heavy atom. The summed E-state index contributed by atoms with van der Waals surface area (Å²) in [4.78, 5) is 35.2. The third-order valence-electron chi connectivity index (χ3n) is 4.61. The molecule has 186 valence electrons. The summed E-state index contributed by atoms with van der Waals surface area (Å²) in [6.45, 7) is 5.23. The topological polar surface area (TPSA) is 99.1 Å². The summed E-state index contributed by atoms with van der Waals surface area (Å²) in [7, 11) is 0. The monoisotopic (exact) mass is 519 g/mol. The number of rotatable bonds is 6. The number of nitrogens with one attached hydrogen (secondary N) is 2. The van der Waals surface area contributed by atoms with Gasteiger partial charge in [-0.15, -0.1) is 22.7 Å². The van der Waals surface area contributed by atoms with Crippen molar-refractivity contribution in [3.05, 3.63) is 87.4 Å². The number of carbonyl (C=O) groups excluding carboxylic acids is 3. The Kier molecular flexibility index (Phi) is 12.0. The minimum Gasteiger partial charge on any atom is -0.326 e. The number of fused-ring (bicyclic) bond motifs is 1. The van der Waals surface area contributed by atoms with Gasteiger partial charge < -0.3 is 10.1 Å². The van der Waals surface area contributed by atoms with E-state index in [1.54, 1.807) is 12.3 Å². The zero-order chi connectivity index (χ0) is 26.3. The zero-order valence-corrected chi connectivity index (χ0v) is 22.2. The highest BCUT2D eigenvalue weighted by Gasteiger charge is 2.11. The van der Waals surface area contributed by atoms with Gasteiger partial charge in [-0.25, -0.2) is 0 Å². The number of carbonyl (C=O) groups is 3. The molecule has 6 nitrogen and oxygen atoms in total. The third-order valence-corrected chi connectivity index (χ3v) is 6.74. The van der Waals surface area contributed by atoms with Crippen molar-refractivity contribution in [3.63, 3.8) is 0 Å². The molecule has 0 unspecified atom stereocenters. The number of benzene rings is 2. The Hall–Kier alpha value is -3.80. The lowest BCUT2D eigenvalue weighted by atomic mass is 10.1. The standard InChI is InChI=1S/C19H15N3O2S.C6H8S.C3H6O/c20-12-21-19(24)17-11-14-10-15(7-8-16(14)25-17)22-18(23)9-6-13-4-2-1-3-5-13;1-2-6-4-3-5-7-6;1-3(2)4/h1-5,7-8,10-11H,6,9H2,(H,21,24)(H,22,23);3-5H,2H2,1H3;1-2H3. The summed E-state index contributed by atoms with van der Waals surface area (Å²) >= 11 is 3.13. The molecule has 36 heavy (non-hydrogen) atoms. The van der Waals surface area contributed by atoms with Crippen molar-refractivity contribution in [1.29, 1.82) is 5.26 Å². The van der Waals surface area contributed by atoms with Crippen LogP contribution in [0.15, 0.2) is 72.1 Å². The van der Waals surface area contributed by atoms with Crippen molar-refractivity contribution in [2.45, 2.75) is 40.0 Å². The Morgan fingerprint density at radius 3 is 2.28 bits per heavy atom. The van der Waals surface area contributed by atoms with Crippen molar-refractivity contribution in [2.75, 3.05) is 5.32 Å². The lowest BCUT2D eigenvalue weighted by Crippen LogP contribution is -2.15. The molecule has 0 aliphatic rings. The predicted molar refractivity (Wildman–Crippen MR) is 148 cm³/mol. The summed E-state index contributed by atoms with van der Waals surface area (Å²) in [5, 5.41) is 16.5. The highest BCUT2D eigenvalue weighted by Crippen LogP contribution is 2.28. The molecule has 0 fully saturated rings. The number of anilines is 1. The van der Waals surface area contributed by atoms with Crippen LogP contribution in [0, 0.1) is 11.5 Å². The second kappa shape index (κ2) is 15.2. The highest BCUT2D eigenvalue weighted by atomic mass is 32.1. The van der Waals surface area contributed by atoms with E-state index in [9.17, 15) is 14.4 Å². The van der Waals surface area contributed by atoms with E-state index >= 15 is 0 Å². The van der Waals surface area contributed by atoms with E-state index in [4.69, 9.17) is 5.26 Å². The molecule has 2 N–H and O–H groups in total. The molecule has 2 aromatic heterocycles. The average molecular weight is 520 g/mol. The lowest BCUT2D eigenvalue weighted by molar-refractivity contribution is -0.116. The first-order valence-electron chi connectivity index (χ1n) is 11.4. The fourth-order valence-corrected chi connectivity index (χ4v) is 4.58. The summed E-state index contributed by atoms with van der Waals surface area (Å²) < 4.78 is 0.922. The van der Waals surface area contributed by atoms with Gasteiger partial charge in [-0.05, 0) is 73.4 Å². The van der Waals surface area contributed by atoms with Gasteiger partial charge in [0.15, 0.2) is 6.19 Å². The van der Waals surface area contributed by atoms with Crippen LogP contribution in [0.1, 0.15) is 47.3 Å². The number of hydrogen-bond acceptors (Lipinski definition) is 6. The summed E-state index contributed by atoms with van der Waals surface area (Å²) in [5.74, 6) is -0.307. The maximum absolute atomic E-state index is 12.1. The molecular weight excluding hydrogens is 490 g/mol. The van der Waals surface area contributed by atoms with Crippen LogP contribution in [0.4, 0.5) is 5.69 Å². The largest absolute Gasteiger partial charge is 0.326 e. The predicted octanol–water partition coefficient (Wildman–Crippen LogP) is 6.59. The van der Waals surface area contributed by atoms with Crippen LogP contribution in [0.5, 0.6) is 0 Å². The first kappa shape index (κ1) is 28.4. The van der Waals surface area contributed by atoms with E-state index in [-0.39, 0.29) is 11.7 Å². The van der Waals surface area contributed by atoms with Crippen LogP contribution in [0.3, 0.4) is 0 Å². The first-order chi connectivity index (χ1) is 17.3. The number of ketones is 1.